The van der Waals surface area contributed by atoms with Gasteiger partial charge in [0.1, 0.15) is 5.75 Å². The lowest BCUT2D eigenvalue weighted by Crippen LogP contribution is -2.11. The Morgan fingerprint density at radius 1 is 1.33 bits per heavy atom. The van der Waals surface area contributed by atoms with Crippen LogP contribution in [0.3, 0.4) is 0 Å². The standard InChI is InChI=1S/C12H11F3N2O/c1-2-18-9-4-5-11(17-7-3-6-16-17)10(8-9)12(13,14)15/h3-8H,2H2,1H3. The summed E-state index contributed by atoms with van der Waals surface area (Å²) in [4.78, 5) is 0. The second kappa shape index (κ2) is 4.72. The maximum Gasteiger partial charge on any atom is 0.418 e. The van der Waals surface area contributed by atoms with Gasteiger partial charge in [-0.15, -0.1) is 0 Å². The molecule has 0 aliphatic heterocycles. The maximum atomic E-state index is 13.0. The fraction of sp³-hybridized carbons (Fsp3) is 0.250. The molecule has 0 atom stereocenters. The lowest BCUT2D eigenvalue weighted by molar-refractivity contribution is -0.137. The number of benzene rings is 1. The zero-order valence-electron chi connectivity index (χ0n) is 9.61. The van der Waals surface area contributed by atoms with Crippen molar-refractivity contribution in [3.63, 3.8) is 0 Å². The number of rotatable bonds is 3. The summed E-state index contributed by atoms with van der Waals surface area (Å²) in [5.41, 5.74) is -0.784. The second-order valence-corrected chi connectivity index (χ2v) is 3.56. The minimum atomic E-state index is -4.45. The number of hydrogen-bond acceptors (Lipinski definition) is 2. The average Bonchev–Trinajstić information content (AvgIpc) is 2.81. The first kappa shape index (κ1) is 12.5. The van der Waals surface area contributed by atoms with Crippen LogP contribution in [-0.2, 0) is 6.18 Å². The van der Waals surface area contributed by atoms with Gasteiger partial charge in [0.15, 0.2) is 0 Å². The van der Waals surface area contributed by atoms with E-state index in [0.717, 1.165) is 6.07 Å². The van der Waals surface area contributed by atoms with Gasteiger partial charge in [0.25, 0.3) is 0 Å². The van der Waals surface area contributed by atoms with Crippen molar-refractivity contribution >= 4 is 0 Å². The molecule has 0 radical (unpaired) electrons. The number of ether oxygens (including phenoxy) is 1. The first-order chi connectivity index (χ1) is 8.52. The largest absolute Gasteiger partial charge is 0.494 e. The van der Waals surface area contributed by atoms with Crippen LogP contribution in [0.4, 0.5) is 13.2 Å². The van der Waals surface area contributed by atoms with Gasteiger partial charge < -0.3 is 4.74 Å². The van der Waals surface area contributed by atoms with Gasteiger partial charge in [0.2, 0.25) is 0 Å². The Kier molecular flexibility index (Phi) is 3.27. The molecule has 1 aromatic heterocycles. The zero-order valence-corrected chi connectivity index (χ0v) is 9.61. The second-order valence-electron chi connectivity index (χ2n) is 3.56. The number of nitrogens with zero attached hydrogens (tertiary/aromatic N) is 2. The van der Waals surface area contributed by atoms with Gasteiger partial charge in [-0.1, -0.05) is 0 Å². The van der Waals surface area contributed by atoms with Crippen LogP contribution < -0.4 is 4.74 Å². The highest BCUT2D eigenvalue weighted by Crippen LogP contribution is 2.35. The third-order valence-electron chi connectivity index (χ3n) is 2.34. The van der Waals surface area contributed by atoms with Crippen LogP contribution >= 0.6 is 0 Å². The third-order valence-corrected chi connectivity index (χ3v) is 2.34. The molecule has 3 nitrogen and oxygen atoms in total. The number of hydrogen-bond donors (Lipinski definition) is 0. The van der Waals surface area contributed by atoms with Crippen molar-refractivity contribution in [3.05, 3.63) is 42.2 Å². The van der Waals surface area contributed by atoms with Gasteiger partial charge in [-0.25, -0.2) is 4.68 Å². The summed E-state index contributed by atoms with van der Waals surface area (Å²) in [6, 6.07) is 5.40. The van der Waals surface area contributed by atoms with Crippen LogP contribution in [0.1, 0.15) is 12.5 Å². The van der Waals surface area contributed by atoms with Gasteiger partial charge in [0.05, 0.1) is 17.9 Å². The minimum Gasteiger partial charge on any atom is -0.494 e. The number of aromatic nitrogens is 2. The van der Waals surface area contributed by atoms with Gasteiger partial charge >= 0.3 is 6.18 Å². The van der Waals surface area contributed by atoms with Crippen molar-refractivity contribution in [3.8, 4) is 11.4 Å². The SMILES string of the molecule is CCOc1ccc(-n2cccn2)c(C(F)(F)F)c1. The van der Waals surface area contributed by atoms with Crippen molar-refractivity contribution in [2.24, 2.45) is 0 Å². The summed E-state index contributed by atoms with van der Waals surface area (Å²) in [6.07, 6.45) is -1.56. The van der Waals surface area contributed by atoms with Gasteiger partial charge in [-0.3, -0.25) is 0 Å². The summed E-state index contributed by atoms with van der Waals surface area (Å²) >= 11 is 0. The quantitative estimate of drug-likeness (QED) is 0.842. The lowest BCUT2D eigenvalue weighted by Gasteiger charge is -2.14. The molecule has 0 fully saturated rings. The molecule has 0 N–H and O–H groups in total. The van der Waals surface area contributed by atoms with Crippen LogP contribution in [0, 0.1) is 0 Å². The molecule has 2 aromatic rings. The summed E-state index contributed by atoms with van der Waals surface area (Å²) < 4.78 is 45.2. The highest BCUT2D eigenvalue weighted by molar-refractivity contribution is 5.47. The Bertz CT molecular complexity index is 521. The molecule has 0 unspecified atom stereocenters. The van der Waals surface area contributed by atoms with E-state index in [4.69, 9.17) is 4.74 Å². The fourth-order valence-corrected chi connectivity index (χ4v) is 1.61. The molecule has 0 bridgehead atoms. The van der Waals surface area contributed by atoms with E-state index in [1.54, 1.807) is 13.0 Å². The molecule has 0 spiro atoms. The van der Waals surface area contributed by atoms with E-state index in [1.807, 2.05) is 0 Å². The third kappa shape index (κ3) is 2.47. The summed E-state index contributed by atoms with van der Waals surface area (Å²) in [5.74, 6) is 0.195. The minimum absolute atomic E-state index is 0.0176. The smallest absolute Gasteiger partial charge is 0.418 e. The molecule has 0 aliphatic rings. The molecule has 0 aliphatic carbocycles. The van der Waals surface area contributed by atoms with E-state index < -0.39 is 11.7 Å². The monoisotopic (exact) mass is 256 g/mol. The predicted octanol–water partition coefficient (Wildman–Crippen LogP) is 3.29. The Balaban J connectivity index is 2.53. The molecule has 6 heteroatoms. The van der Waals surface area contributed by atoms with E-state index in [-0.39, 0.29) is 11.4 Å². The van der Waals surface area contributed by atoms with Crippen LogP contribution in [0.15, 0.2) is 36.7 Å². The maximum absolute atomic E-state index is 13.0. The molecule has 2 rings (SSSR count). The highest BCUT2D eigenvalue weighted by Gasteiger charge is 2.34. The summed E-state index contributed by atoms with van der Waals surface area (Å²) in [7, 11) is 0. The van der Waals surface area contributed by atoms with Gasteiger partial charge in [0, 0.05) is 12.4 Å². The van der Waals surface area contributed by atoms with Crippen LogP contribution in [0.2, 0.25) is 0 Å². The van der Waals surface area contributed by atoms with E-state index in [2.05, 4.69) is 5.10 Å². The molecule has 18 heavy (non-hydrogen) atoms. The molecule has 0 amide bonds. The topological polar surface area (TPSA) is 27.1 Å². The Labute approximate surface area is 102 Å². The summed E-state index contributed by atoms with van der Waals surface area (Å²) in [6.45, 7) is 2.03. The van der Waals surface area contributed by atoms with Crippen LogP contribution in [0.5, 0.6) is 5.75 Å². The molecule has 96 valence electrons. The number of alkyl halides is 3. The van der Waals surface area contributed by atoms with Crippen molar-refractivity contribution in [2.75, 3.05) is 6.61 Å². The fourth-order valence-electron chi connectivity index (χ4n) is 1.61. The Morgan fingerprint density at radius 2 is 2.11 bits per heavy atom. The first-order valence-electron chi connectivity index (χ1n) is 5.36. The van der Waals surface area contributed by atoms with Crippen molar-refractivity contribution in [1.82, 2.24) is 9.78 Å². The van der Waals surface area contributed by atoms with E-state index in [1.165, 1.54) is 29.2 Å². The molecule has 1 heterocycles. The Morgan fingerprint density at radius 3 is 2.67 bits per heavy atom. The molecule has 0 saturated carbocycles. The van der Waals surface area contributed by atoms with Crippen LogP contribution in [0.25, 0.3) is 5.69 Å². The predicted molar refractivity (Wildman–Crippen MR) is 59.7 cm³/mol. The summed E-state index contributed by atoms with van der Waals surface area (Å²) in [5, 5.41) is 3.81. The van der Waals surface area contributed by atoms with Crippen molar-refractivity contribution in [1.29, 1.82) is 0 Å². The molecule has 0 saturated heterocycles. The van der Waals surface area contributed by atoms with Crippen LogP contribution in [-0.4, -0.2) is 16.4 Å². The van der Waals surface area contributed by atoms with Crippen molar-refractivity contribution < 1.29 is 17.9 Å². The highest BCUT2D eigenvalue weighted by atomic mass is 19.4. The zero-order chi connectivity index (χ0) is 13.2. The molecule has 1 aromatic carbocycles. The molecular formula is C12H11F3N2O. The first-order valence-corrected chi connectivity index (χ1v) is 5.36. The van der Waals surface area contributed by atoms with E-state index in [0.29, 0.717) is 6.61 Å². The van der Waals surface area contributed by atoms with E-state index >= 15 is 0 Å². The van der Waals surface area contributed by atoms with Crippen molar-refractivity contribution in [2.45, 2.75) is 13.1 Å². The number of halogens is 3. The average molecular weight is 256 g/mol. The normalized spacial score (nSPS) is 11.6. The van der Waals surface area contributed by atoms with E-state index in [9.17, 15) is 13.2 Å². The van der Waals surface area contributed by atoms with Gasteiger partial charge in [-0.2, -0.15) is 18.3 Å². The van der Waals surface area contributed by atoms with Gasteiger partial charge in [-0.05, 0) is 31.2 Å². The lowest BCUT2D eigenvalue weighted by atomic mass is 10.1. The molecular weight excluding hydrogens is 245 g/mol. The Hall–Kier alpha value is -1.98.